The van der Waals surface area contributed by atoms with Crippen LogP contribution in [0.2, 0.25) is 5.02 Å². The molecule has 3 aliphatic rings. The summed E-state index contributed by atoms with van der Waals surface area (Å²) in [5.74, 6) is -2.35. The third-order valence-electron chi connectivity index (χ3n) is 8.92. The maximum Gasteiger partial charge on any atom is 0.410 e. The largest absolute Gasteiger partial charge is 0.480 e. The molecule has 4 atom stereocenters. The molecule has 0 radical (unpaired) electrons. The lowest BCUT2D eigenvalue weighted by atomic mass is 9.79. The van der Waals surface area contributed by atoms with E-state index in [1.165, 1.54) is 13.1 Å². The van der Waals surface area contributed by atoms with Gasteiger partial charge in [0.15, 0.2) is 5.60 Å². The molecule has 1 saturated heterocycles. The standard InChI is InChI=1S/C34H35ClF2N2O6/c1-33(2,3)45-32(43)39-12-8-11-25(39)34(17-9-6-5-7-10-17)16-21-24(44-34)15-22(36)28(35)26(21)27-20(31(42)38-4)13-19-18(29(27)37)14-23(40)30(19)41/h5-7,9-10,13,15,23,25,30,40-41H,8,11-12,14,16H2,1-4H3,(H,38,42)/t23-,25-,30-,34-/m0/s1. The van der Waals surface area contributed by atoms with Gasteiger partial charge in [0.25, 0.3) is 5.91 Å². The number of nitrogens with zero attached hydrogens (tertiary/aromatic N) is 1. The summed E-state index contributed by atoms with van der Waals surface area (Å²) in [6, 6.07) is 11.2. The number of hydrogen-bond acceptors (Lipinski definition) is 6. The summed E-state index contributed by atoms with van der Waals surface area (Å²) >= 11 is 6.65. The monoisotopic (exact) mass is 640 g/mol. The first kappa shape index (κ1) is 31.3. The van der Waals surface area contributed by atoms with Gasteiger partial charge in [-0.15, -0.1) is 0 Å². The number of aliphatic hydroxyl groups excluding tert-OH is 2. The Hall–Kier alpha value is -3.73. The average molecular weight is 641 g/mol. The Bertz CT molecular complexity index is 1690. The highest BCUT2D eigenvalue weighted by Gasteiger charge is 2.54. The van der Waals surface area contributed by atoms with Crippen molar-refractivity contribution < 1.29 is 38.1 Å². The Morgan fingerprint density at radius 2 is 1.82 bits per heavy atom. The van der Waals surface area contributed by atoms with Crippen molar-refractivity contribution in [1.82, 2.24) is 10.2 Å². The number of nitrogens with one attached hydrogen (secondary N) is 1. The quantitative estimate of drug-likeness (QED) is 0.332. The molecule has 6 rings (SSSR count). The van der Waals surface area contributed by atoms with Crippen molar-refractivity contribution in [3.63, 3.8) is 0 Å². The van der Waals surface area contributed by atoms with Crippen LogP contribution in [0.3, 0.4) is 0 Å². The average Bonchev–Trinajstić information content (AvgIpc) is 3.71. The zero-order chi connectivity index (χ0) is 32.4. The molecule has 3 aromatic carbocycles. The lowest BCUT2D eigenvalue weighted by Gasteiger charge is -2.40. The summed E-state index contributed by atoms with van der Waals surface area (Å²) in [6.07, 6.45) is -2.07. The van der Waals surface area contributed by atoms with Crippen LogP contribution < -0.4 is 10.1 Å². The highest BCUT2D eigenvalue weighted by atomic mass is 35.5. The molecule has 11 heteroatoms. The lowest BCUT2D eigenvalue weighted by Crippen LogP contribution is -2.53. The molecular formula is C34H35ClF2N2O6. The molecule has 0 aromatic heterocycles. The number of ether oxygens (including phenoxy) is 2. The number of benzene rings is 3. The van der Waals surface area contributed by atoms with Gasteiger partial charge in [-0.2, -0.15) is 0 Å². The lowest BCUT2D eigenvalue weighted by molar-refractivity contribution is -0.0216. The molecule has 45 heavy (non-hydrogen) atoms. The number of halogens is 3. The van der Waals surface area contributed by atoms with E-state index in [-0.39, 0.29) is 46.4 Å². The van der Waals surface area contributed by atoms with Crippen LogP contribution in [-0.4, -0.2) is 58.5 Å². The first-order valence-electron chi connectivity index (χ1n) is 15.0. The van der Waals surface area contributed by atoms with E-state index in [4.69, 9.17) is 21.1 Å². The molecule has 3 aromatic rings. The number of carbonyl (C=O) groups excluding carboxylic acids is 2. The molecule has 2 amide bonds. The zero-order valence-electron chi connectivity index (χ0n) is 25.4. The fourth-order valence-corrected chi connectivity index (χ4v) is 7.24. The van der Waals surface area contributed by atoms with Gasteiger partial charge in [-0.1, -0.05) is 41.9 Å². The number of aliphatic hydroxyl groups is 2. The highest BCUT2D eigenvalue weighted by molar-refractivity contribution is 6.34. The molecule has 0 saturated carbocycles. The van der Waals surface area contributed by atoms with Crippen molar-refractivity contribution in [3.05, 3.63) is 86.9 Å². The van der Waals surface area contributed by atoms with Crippen molar-refractivity contribution >= 4 is 23.6 Å². The predicted molar refractivity (Wildman–Crippen MR) is 163 cm³/mol. The Balaban J connectivity index is 1.57. The van der Waals surface area contributed by atoms with Crippen molar-refractivity contribution in [1.29, 1.82) is 0 Å². The summed E-state index contributed by atoms with van der Waals surface area (Å²) < 4.78 is 44.7. The van der Waals surface area contributed by atoms with Crippen molar-refractivity contribution in [3.8, 4) is 16.9 Å². The second kappa shape index (κ2) is 11.3. The van der Waals surface area contributed by atoms with E-state index in [0.29, 0.717) is 24.9 Å². The molecule has 8 nitrogen and oxygen atoms in total. The van der Waals surface area contributed by atoms with Crippen molar-refractivity contribution in [2.45, 2.75) is 75.9 Å². The van der Waals surface area contributed by atoms with Crippen molar-refractivity contribution in [2.24, 2.45) is 0 Å². The third-order valence-corrected chi connectivity index (χ3v) is 9.29. The van der Waals surface area contributed by atoms with E-state index in [9.17, 15) is 19.8 Å². The third kappa shape index (κ3) is 5.13. The molecule has 1 fully saturated rings. The smallest absolute Gasteiger partial charge is 0.410 e. The van der Waals surface area contributed by atoms with E-state index >= 15 is 8.78 Å². The Morgan fingerprint density at radius 1 is 1.11 bits per heavy atom. The van der Waals surface area contributed by atoms with E-state index < -0.39 is 58.1 Å². The number of hydrogen-bond donors (Lipinski definition) is 3. The van der Waals surface area contributed by atoms with E-state index in [2.05, 4.69) is 5.32 Å². The SMILES string of the molecule is CNC(=O)c1cc2c(c(F)c1-c1c(Cl)c(F)cc3c1C[C@](c1ccccc1)([C@@H]1CCCN1C(=O)OC(C)(C)C)O3)C[C@H](O)[C@H]2O. The maximum absolute atomic E-state index is 16.6. The minimum absolute atomic E-state index is 0.0202. The van der Waals surface area contributed by atoms with Gasteiger partial charge in [0.1, 0.15) is 29.1 Å². The molecular weight excluding hydrogens is 606 g/mol. The number of amides is 2. The van der Waals surface area contributed by atoms with Crippen LogP contribution in [-0.2, 0) is 23.2 Å². The predicted octanol–water partition coefficient (Wildman–Crippen LogP) is 5.83. The summed E-state index contributed by atoms with van der Waals surface area (Å²) in [7, 11) is 1.37. The minimum Gasteiger partial charge on any atom is -0.480 e. The Morgan fingerprint density at radius 3 is 2.49 bits per heavy atom. The van der Waals surface area contributed by atoms with E-state index in [0.717, 1.165) is 11.6 Å². The summed E-state index contributed by atoms with van der Waals surface area (Å²) in [5, 5.41) is 22.9. The van der Waals surface area contributed by atoms with Crippen LogP contribution in [0.15, 0.2) is 42.5 Å². The molecule has 238 valence electrons. The Labute approximate surface area is 264 Å². The minimum atomic E-state index is -1.39. The molecule has 0 bridgehead atoms. The molecule has 2 heterocycles. The van der Waals surface area contributed by atoms with Gasteiger partial charge < -0.3 is 29.9 Å². The summed E-state index contributed by atoms with van der Waals surface area (Å²) in [4.78, 5) is 28.3. The van der Waals surface area contributed by atoms with Gasteiger partial charge in [-0.3, -0.25) is 4.79 Å². The van der Waals surface area contributed by atoms with E-state index in [1.807, 2.05) is 30.3 Å². The topological polar surface area (TPSA) is 108 Å². The van der Waals surface area contributed by atoms with Crippen LogP contribution >= 0.6 is 11.6 Å². The molecule has 2 aliphatic heterocycles. The van der Waals surface area contributed by atoms with Crippen LogP contribution in [0.25, 0.3) is 11.1 Å². The highest BCUT2D eigenvalue weighted by Crippen LogP contribution is 2.54. The fraction of sp³-hybridized carbons (Fsp3) is 0.412. The first-order valence-corrected chi connectivity index (χ1v) is 15.3. The second-order valence-electron chi connectivity index (χ2n) is 12.9. The van der Waals surface area contributed by atoms with Crippen molar-refractivity contribution in [2.75, 3.05) is 13.6 Å². The first-order chi connectivity index (χ1) is 21.3. The molecule has 0 unspecified atom stereocenters. The van der Waals surface area contributed by atoms with Crippen LogP contribution in [0.5, 0.6) is 5.75 Å². The van der Waals surface area contributed by atoms with Crippen LogP contribution in [0, 0.1) is 11.6 Å². The number of likely N-dealkylation sites (tertiary alicyclic amines) is 1. The normalized spacial score (nSPS) is 23.8. The summed E-state index contributed by atoms with van der Waals surface area (Å²) in [5.41, 5.74) is -1.26. The van der Waals surface area contributed by atoms with Gasteiger partial charge >= 0.3 is 6.09 Å². The molecule has 0 spiro atoms. The zero-order valence-corrected chi connectivity index (χ0v) is 26.2. The number of carbonyl (C=O) groups is 2. The van der Waals surface area contributed by atoms with E-state index in [1.54, 1.807) is 25.7 Å². The molecule has 3 N–H and O–H groups in total. The summed E-state index contributed by atoms with van der Waals surface area (Å²) in [6.45, 7) is 5.78. The Kier molecular flexibility index (Phi) is 7.82. The van der Waals surface area contributed by atoms with Crippen LogP contribution in [0.1, 0.15) is 72.3 Å². The van der Waals surface area contributed by atoms with Gasteiger partial charge in [-0.05, 0) is 56.4 Å². The number of fused-ring (bicyclic) bond motifs is 2. The number of rotatable bonds is 4. The van der Waals surface area contributed by atoms with Gasteiger partial charge in [-0.25, -0.2) is 13.6 Å². The second-order valence-corrected chi connectivity index (χ2v) is 13.2. The van der Waals surface area contributed by atoms with Gasteiger partial charge in [0.2, 0.25) is 0 Å². The van der Waals surface area contributed by atoms with Gasteiger partial charge in [0.05, 0.1) is 22.7 Å². The van der Waals surface area contributed by atoms with Crippen LogP contribution in [0.4, 0.5) is 13.6 Å². The molecule has 1 aliphatic carbocycles. The van der Waals surface area contributed by atoms with Gasteiger partial charge in [0, 0.05) is 49.2 Å². The maximum atomic E-state index is 16.6. The fourth-order valence-electron chi connectivity index (χ4n) is 6.98.